The number of rotatable bonds is 5. The van der Waals surface area contributed by atoms with E-state index in [0.29, 0.717) is 23.2 Å². The molecule has 1 heterocycles. The van der Waals surface area contributed by atoms with E-state index in [1.165, 1.54) is 23.5 Å². The molecule has 0 saturated carbocycles. The Morgan fingerprint density at radius 2 is 2.15 bits per heavy atom. The van der Waals surface area contributed by atoms with Crippen LogP contribution in [0.1, 0.15) is 23.0 Å². The maximum Gasteiger partial charge on any atom is 0.306 e. The van der Waals surface area contributed by atoms with Gasteiger partial charge in [0.15, 0.2) is 0 Å². The highest BCUT2D eigenvalue weighted by Crippen LogP contribution is 2.26. The number of carbonyl (C=O) groups is 2. The fraction of sp³-hybridized carbons (Fsp3) is 0.286. The molecule has 2 rings (SSSR count). The highest BCUT2D eigenvalue weighted by Gasteiger charge is 2.13. The molecule has 4 nitrogen and oxygen atoms in total. The van der Waals surface area contributed by atoms with Crippen LogP contribution < -0.4 is 5.32 Å². The quantitative estimate of drug-likeness (QED) is 0.891. The number of halogens is 1. The van der Waals surface area contributed by atoms with Crippen LogP contribution in [0, 0.1) is 11.7 Å². The molecule has 0 fully saturated rings. The van der Waals surface area contributed by atoms with Gasteiger partial charge in [0.05, 0.1) is 10.8 Å². The zero-order valence-electron chi connectivity index (χ0n) is 10.9. The Bertz CT molecular complexity index is 653. The average molecular weight is 295 g/mol. The standard InChI is InChI=1S/C14H14FNO3S/c1-8(14(18)19)4-5-16-13(17)12-7-9-6-10(15)2-3-11(9)20-12/h2-3,6-8H,4-5H2,1H3,(H,16,17)(H,18,19). The number of carbonyl (C=O) groups excluding carboxylic acids is 1. The van der Waals surface area contributed by atoms with Crippen molar-refractivity contribution < 1.29 is 19.1 Å². The molecule has 0 spiro atoms. The van der Waals surface area contributed by atoms with Crippen molar-refractivity contribution in [3.05, 3.63) is 35.0 Å². The summed E-state index contributed by atoms with van der Waals surface area (Å²) in [5.74, 6) is -1.97. The third kappa shape index (κ3) is 3.33. The maximum atomic E-state index is 13.1. The number of fused-ring (bicyclic) bond motifs is 1. The van der Waals surface area contributed by atoms with Gasteiger partial charge >= 0.3 is 5.97 Å². The van der Waals surface area contributed by atoms with E-state index in [4.69, 9.17) is 5.11 Å². The predicted molar refractivity (Wildman–Crippen MR) is 75.5 cm³/mol. The molecule has 20 heavy (non-hydrogen) atoms. The van der Waals surface area contributed by atoms with E-state index < -0.39 is 11.9 Å². The lowest BCUT2D eigenvalue weighted by atomic mass is 10.1. The number of hydrogen-bond donors (Lipinski definition) is 2. The van der Waals surface area contributed by atoms with Crippen LogP contribution in [0.2, 0.25) is 0 Å². The summed E-state index contributed by atoms with van der Waals surface area (Å²) in [6.45, 7) is 1.89. The second-order valence-corrected chi connectivity index (χ2v) is 5.66. The first-order valence-corrected chi connectivity index (χ1v) is 6.99. The SMILES string of the molecule is CC(CCNC(=O)c1cc2cc(F)ccc2s1)C(=O)O. The molecule has 1 atom stereocenters. The number of aliphatic carboxylic acids is 1. The molecular formula is C14H14FNO3S. The van der Waals surface area contributed by atoms with E-state index in [2.05, 4.69) is 5.32 Å². The molecule has 1 aromatic carbocycles. The molecule has 1 amide bonds. The number of hydrogen-bond acceptors (Lipinski definition) is 3. The average Bonchev–Trinajstić information content (AvgIpc) is 2.81. The fourth-order valence-corrected chi connectivity index (χ4v) is 2.70. The van der Waals surface area contributed by atoms with Crippen LogP contribution in [0.3, 0.4) is 0 Å². The monoisotopic (exact) mass is 295 g/mol. The minimum atomic E-state index is -0.878. The van der Waals surface area contributed by atoms with E-state index in [0.717, 1.165) is 4.70 Å². The first kappa shape index (κ1) is 14.5. The summed E-state index contributed by atoms with van der Waals surface area (Å²) in [6, 6.07) is 6.02. The van der Waals surface area contributed by atoms with Crippen LogP contribution in [0.25, 0.3) is 10.1 Å². The van der Waals surface area contributed by atoms with Gasteiger partial charge in [0.25, 0.3) is 5.91 Å². The highest BCUT2D eigenvalue weighted by atomic mass is 32.1. The molecular weight excluding hydrogens is 281 g/mol. The van der Waals surface area contributed by atoms with Crippen molar-refractivity contribution >= 4 is 33.3 Å². The number of nitrogens with one attached hydrogen (secondary N) is 1. The van der Waals surface area contributed by atoms with E-state index in [9.17, 15) is 14.0 Å². The first-order chi connectivity index (χ1) is 9.47. The topological polar surface area (TPSA) is 66.4 Å². The van der Waals surface area contributed by atoms with Gasteiger partial charge in [-0.2, -0.15) is 0 Å². The Kier molecular flexibility index (Phi) is 4.34. The molecule has 106 valence electrons. The Morgan fingerprint density at radius 3 is 2.85 bits per heavy atom. The molecule has 0 radical (unpaired) electrons. The van der Waals surface area contributed by atoms with Gasteiger partial charge in [-0.3, -0.25) is 9.59 Å². The molecule has 0 aliphatic heterocycles. The molecule has 0 aliphatic carbocycles. The molecule has 2 N–H and O–H groups in total. The Balaban J connectivity index is 1.99. The van der Waals surface area contributed by atoms with Gasteiger partial charge in [0.1, 0.15) is 5.82 Å². The molecule has 1 aromatic heterocycles. The van der Waals surface area contributed by atoms with Crippen LogP contribution >= 0.6 is 11.3 Å². The summed E-state index contributed by atoms with van der Waals surface area (Å²) in [4.78, 5) is 23.1. The zero-order valence-corrected chi connectivity index (χ0v) is 11.7. The van der Waals surface area contributed by atoms with Gasteiger partial charge in [0.2, 0.25) is 0 Å². The zero-order chi connectivity index (χ0) is 14.7. The molecule has 0 aliphatic rings. The van der Waals surface area contributed by atoms with Crippen LogP contribution in [-0.4, -0.2) is 23.5 Å². The predicted octanol–water partition coefficient (Wildman–Crippen LogP) is 2.88. The van der Waals surface area contributed by atoms with Crippen molar-refractivity contribution in [2.75, 3.05) is 6.54 Å². The van der Waals surface area contributed by atoms with Crippen molar-refractivity contribution in [1.82, 2.24) is 5.32 Å². The number of thiophene rings is 1. The lowest BCUT2D eigenvalue weighted by molar-refractivity contribution is -0.141. The van der Waals surface area contributed by atoms with Crippen LogP contribution in [0.15, 0.2) is 24.3 Å². The Morgan fingerprint density at radius 1 is 1.40 bits per heavy atom. The number of carboxylic acids is 1. The van der Waals surface area contributed by atoms with Gasteiger partial charge in [-0.25, -0.2) is 4.39 Å². The normalized spacial score (nSPS) is 12.3. The summed E-state index contributed by atoms with van der Waals surface area (Å²) in [6.07, 6.45) is 0.376. The summed E-state index contributed by atoms with van der Waals surface area (Å²) >= 11 is 1.28. The smallest absolute Gasteiger partial charge is 0.306 e. The third-order valence-electron chi connectivity index (χ3n) is 2.99. The van der Waals surface area contributed by atoms with Crippen LogP contribution in [-0.2, 0) is 4.79 Å². The van der Waals surface area contributed by atoms with Crippen molar-refractivity contribution in [3.63, 3.8) is 0 Å². The van der Waals surface area contributed by atoms with Crippen LogP contribution in [0.4, 0.5) is 4.39 Å². The molecule has 1 unspecified atom stereocenters. The lowest BCUT2D eigenvalue weighted by Crippen LogP contribution is -2.26. The second-order valence-electron chi connectivity index (χ2n) is 4.58. The van der Waals surface area contributed by atoms with E-state index in [1.54, 1.807) is 19.1 Å². The number of benzene rings is 1. The fourth-order valence-electron chi connectivity index (χ4n) is 1.74. The van der Waals surface area contributed by atoms with Crippen molar-refractivity contribution in [1.29, 1.82) is 0 Å². The van der Waals surface area contributed by atoms with Crippen molar-refractivity contribution in [2.24, 2.45) is 5.92 Å². The Labute approximate surface area is 119 Å². The summed E-state index contributed by atoms with van der Waals surface area (Å²) in [5.41, 5.74) is 0. The van der Waals surface area contributed by atoms with E-state index >= 15 is 0 Å². The highest BCUT2D eigenvalue weighted by molar-refractivity contribution is 7.20. The minimum Gasteiger partial charge on any atom is -0.481 e. The Hall–Kier alpha value is -1.95. The van der Waals surface area contributed by atoms with E-state index in [-0.39, 0.29) is 11.7 Å². The number of carboxylic acid groups (broad SMARTS) is 1. The minimum absolute atomic E-state index is 0.260. The van der Waals surface area contributed by atoms with Gasteiger partial charge in [-0.1, -0.05) is 6.92 Å². The van der Waals surface area contributed by atoms with Crippen molar-refractivity contribution in [2.45, 2.75) is 13.3 Å². The second kappa shape index (κ2) is 6.00. The number of amides is 1. The van der Waals surface area contributed by atoms with Gasteiger partial charge < -0.3 is 10.4 Å². The van der Waals surface area contributed by atoms with Gasteiger partial charge in [0, 0.05) is 11.2 Å². The largest absolute Gasteiger partial charge is 0.481 e. The maximum absolute atomic E-state index is 13.1. The molecule has 2 aromatic rings. The third-order valence-corrected chi connectivity index (χ3v) is 4.10. The lowest BCUT2D eigenvalue weighted by Gasteiger charge is -2.06. The summed E-state index contributed by atoms with van der Waals surface area (Å²) in [5, 5.41) is 12.1. The first-order valence-electron chi connectivity index (χ1n) is 6.17. The molecule has 6 heteroatoms. The van der Waals surface area contributed by atoms with Gasteiger partial charge in [-0.15, -0.1) is 11.3 Å². The van der Waals surface area contributed by atoms with Crippen molar-refractivity contribution in [3.8, 4) is 0 Å². The van der Waals surface area contributed by atoms with Crippen LogP contribution in [0.5, 0.6) is 0 Å². The molecule has 0 bridgehead atoms. The van der Waals surface area contributed by atoms with E-state index in [1.807, 2.05) is 0 Å². The molecule has 0 saturated heterocycles. The van der Waals surface area contributed by atoms with Gasteiger partial charge in [-0.05, 0) is 36.1 Å². The summed E-state index contributed by atoms with van der Waals surface area (Å²) < 4.78 is 13.9. The summed E-state index contributed by atoms with van der Waals surface area (Å²) in [7, 11) is 0.